The summed E-state index contributed by atoms with van der Waals surface area (Å²) in [6.07, 6.45) is 0.206. The van der Waals surface area contributed by atoms with E-state index in [-0.39, 0.29) is 44.0 Å². The van der Waals surface area contributed by atoms with Crippen LogP contribution in [0.2, 0.25) is 5.02 Å². The van der Waals surface area contributed by atoms with E-state index in [1.165, 1.54) is 36.4 Å². The predicted octanol–water partition coefficient (Wildman–Crippen LogP) is 7.02. The van der Waals surface area contributed by atoms with Gasteiger partial charge in [-0.05, 0) is 65.6 Å². The number of anilines is 1. The third-order valence-electron chi connectivity index (χ3n) is 6.25. The van der Waals surface area contributed by atoms with Gasteiger partial charge in [0.25, 0.3) is 5.91 Å². The molecular formula is C29H25BrClNO6S. The van der Waals surface area contributed by atoms with Gasteiger partial charge < -0.3 is 20.6 Å². The van der Waals surface area contributed by atoms with Crippen molar-refractivity contribution in [3.05, 3.63) is 105 Å². The van der Waals surface area contributed by atoms with E-state index in [1.807, 2.05) is 38.1 Å². The van der Waals surface area contributed by atoms with E-state index in [0.29, 0.717) is 0 Å². The highest BCUT2D eigenvalue weighted by Crippen LogP contribution is 2.42. The topological polar surface area (TPSA) is 124 Å². The highest BCUT2D eigenvalue weighted by molar-refractivity contribution is 9.10. The van der Waals surface area contributed by atoms with Crippen LogP contribution in [0, 0.1) is 0 Å². The number of amides is 1. The molecular weight excluding hydrogens is 606 g/mol. The van der Waals surface area contributed by atoms with Gasteiger partial charge in [0.15, 0.2) is 11.5 Å². The van der Waals surface area contributed by atoms with Crippen molar-refractivity contribution >= 4 is 49.0 Å². The van der Waals surface area contributed by atoms with Crippen molar-refractivity contribution in [1.82, 2.24) is 0 Å². The lowest BCUT2D eigenvalue weighted by Gasteiger charge is -2.16. The molecule has 202 valence electrons. The van der Waals surface area contributed by atoms with Gasteiger partial charge >= 0.3 is 0 Å². The zero-order valence-electron chi connectivity index (χ0n) is 20.9. The summed E-state index contributed by atoms with van der Waals surface area (Å²) in [4.78, 5) is 13.1. The molecule has 0 spiro atoms. The fourth-order valence-electron chi connectivity index (χ4n) is 4.18. The van der Waals surface area contributed by atoms with Crippen LogP contribution < -0.4 is 5.32 Å². The number of hydrogen-bond acceptors (Lipinski definition) is 6. The summed E-state index contributed by atoms with van der Waals surface area (Å²) in [5.41, 5.74) is 1.98. The highest BCUT2D eigenvalue weighted by atomic mass is 79.9. The molecule has 0 aliphatic carbocycles. The molecule has 0 atom stereocenters. The van der Waals surface area contributed by atoms with Crippen molar-refractivity contribution in [2.75, 3.05) is 5.32 Å². The van der Waals surface area contributed by atoms with Crippen LogP contribution in [-0.4, -0.2) is 29.6 Å². The molecule has 0 aromatic heterocycles. The molecule has 4 aromatic rings. The van der Waals surface area contributed by atoms with E-state index < -0.39 is 33.0 Å². The molecule has 1 amide bonds. The largest absolute Gasteiger partial charge is 0.504 e. The van der Waals surface area contributed by atoms with E-state index in [2.05, 4.69) is 21.2 Å². The standard InChI is InChI=1S/C29H25BrClNO6S/c1-16(2)22-6-4-3-5-17(22)13-18-14-23(27(34)28(35)26(18)33)29(36)32-25-12-11-21(15-24(25)31)39(37,38)20-9-7-19(30)8-10-20/h3-12,14-16,33-35H,13H2,1-2H3,(H,32,36). The summed E-state index contributed by atoms with van der Waals surface area (Å²) in [6.45, 7) is 4.07. The van der Waals surface area contributed by atoms with Crippen LogP contribution in [0.5, 0.6) is 17.2 Å². The van der Waals surface area contributed by atoms with Gasteiger partial charge in [-0.3, -0.25) is 4.79 Å². The second-order valence-corrected chi connectivity index (χ2v) is 12.5. The van der Waals surface area contributed by atoms with E-state index >= 15 is 0 Å². The molecule has 0 fully saturated rings. The Morgan fingerprint density at radius 2 is 1.51 bits per heavy atom. The number of rotatable bonds is 7. The summed E-state index contributed by atoms with van der Waals surface area (Å²) in [7, 11) is -3.86. The van der Waals surface area contributed by atoms with Crippen molar-refractivity contribution in [1.29, 1.82) is 0 Å². The van der Waals surface area contributed by atoms with Crippen LogP contribution in [0.15, 0.2) is 87.1 Å². The van der Waals surface area contributed by atoms with Gasteiger partial charge in [-0.1, -0.05) is 65.6 Å². The fourth-order valence-corrected chi connectivity index (χ4v) is 6.02. The summed E-state index contributed by atoms with van der Waals surface area (Å²) in [6, 6.07) is 18.9. The van der Waals surface area contributed by atoms with E-state index in [4.69, 9.17) is 11.6 Å². The van der Waals surface area contributed by atoms with E-state index in [0.717, 1.165) is 15.6 Å². The average molecular weight is 631 g/mol. The van der Waals surface area contributed by atoms with E-state index in [1.54, 1.807) is 12.1 Å². The lowest BCUT2D eigenvalue weighted by atomic mass is 9.92. The van der Waals surface area contributed by atoms with Crippen molar-refractivity contribution in [3.63, 3.8) is 0 Å². The van der Waals surface area contributed by atoms with Gasteiger partial charge in [-0.25, -0.2) is 8.42 Å². The van der Waals surface area contributed by atoms with Gasteiger partial charge in [-0.15, -0.1) is 0 Å². The maximum Gasteiger partial charge on any atom is 0.259 e. The number of hydrogen-bond donors (Lipinski definition) is 4. The number of carbonyl (C=O) groups is 1. The Bertz CT molecular complexity index is 1670. The molecule has 0 unspecified atom stereocenters. The second kappa shape index (κ2) is 11.3. The van der Waals surface area contributed by atoms with Crippen LogP contribution in [0.1, 0.15) is 46.8 Å². The smallest absolute Gasteiger partial charge is 0.259 e. The molecule has 0 saturated carbocycles. The van der Waals surface area contributed by atoms with Crippen LogP contribution in [0.25, 0.3) is 0 Å². The number of benzene rings is 4. The number of aromatic hydroxyl groups is 3. The molecule has 4 rings (SSSR count). The Balaban J connectivity index is 1.64. The molecule has 4 aromatic carbocycles. The molecule has 0 radical (unpaired) electrons. The number of phenols is 3. The Morgan fingerprint density at radius 1 is 0.872 bits per heavy atom. The van der Waals surface area contributed by atoms with Crippen LogP contribution in [-0.2, 0) is 16.3 Å². The summed E-state index contributed by atoms with van der Waals surface area (Å²) in [5, 5.41) is 33.8. The first-order valence-electron chi connectivity index (χ1n) is 11.9. The Kier molecular flexibility index (Phi) is 8.25. The van der Waals surface area contributed by atoms with Gasteiger partial charge in [0, 0.05) is 16.5 Å². The monoisotopic (exact) mass is 629 g/mol. The van der Waals surface area contributed by atoms with Crippen LogP contribution in [0.4, 0.5) is 5.69 Å². The summed E-state index contributed by atoms with van der Waals surface area (Å²) < 4.78 is 26.7. The first-order chi connectivity index (χ1) is 18.4. The molecule has 10 heteroatoms. The zero-order chi connectivity index (χ0) is 28.5. The number of nitrogens with one attached hydrogen (secondary N) is 1. The Morgan fingerprint density at radius 3 is 2.15 bits per heavy atom. The third kappa shape index (κ3) is 5.90. The van der Waals surface area contributed by atoms with Crippen LogP contribution >= 0.6 is 27.5 Å². The minimum Gasteiger partial charge on any atom is -0.504 e. The molecule has 4 N–H and O–H groups in total. The molecule has 0 aliphatic heterocycles. The first kappa shape index (κ1) is 28.5. The van der Waals surface area contributed by atoms with Crippen molar-refractivity contribution < 1.29 is 28.5 Å². The fraction of sp³-hybridized carbons (Fsp3) is 0.138. The molecule has 0 bridgehead atoms. The van der Waals surface area contributed by atoms with Gasteiger partial charge in [0.05, 0.1) is 26.1 Å². The lowest BCUT2D eigenvalue weighted by molar-refractivity contribution is 0.102. The van der Waals surface area contributed by atoms with Crippen LogP contribution in [0.3, 0.4) is 0 Å². The summed E-state index contributed by atoms with van der Waals surface area (Å²) in [5.74, 6) is -2.75. The second-order valence-electron chi connectivity index (χ2n) is 9.21. The average Bonchev–Trinajstić information content (AvgIpc) is 2.90. The van der Waals surface area contributed by atoms with E-state index in [9.17, 15) is 28.5 Å². The normalized spacial score (nSPS) is 11.5. The molecule has 0 heterocycles. The SMILES string of the molecule is CC(C)c1ccccc1Cc1cc(C(=O)Nc2ccc(S(=O)(=O)c3ccc(Br)cc3)cc2Cl)c(O)c(O)c1O. The van der Waals surface area contributed by atoms with Gasteiger partial charge in [-0.2, -0.15) is 0 Å². The number of halogens is 2. The van der Waals surface area contributed by atoms with Gasteiger partial charge in [0.1, 0.15) is 0 Å². The third-order valence-corrected chi connectivity index (χ3v) is 8.86. The minimum atomic E-state index is -3.86. The molecule has 0 saturated heterocycles. The zero-order valence-corrected chi connectivity index (χ0v) is 24.1. The van der Waals surface area contributed by atoms with Crippen molar-refractivity contribution in [2.24, 2.45) is 0 Å². The first-order valence-corrected chi connectivity index (χ1v) is 14.5. The maximum absolute atomic E-state index is 13.1. The Hall–Kier alpha value is -3.53. The Labute approximate surface area is 239 Å². The summed E-state index contributed by atoms with van der Waals surface area (Å²) >= 11 is 9.59. The lowest BCUT2D eigenvalue weighted by Crippen LogP contribution is -2.13. The number of phenolic OH excluding ortho intramolecular Hbond substituents is 3. The number of sulfone groups is 1. The molecule has 0 aliphatic rings. The highest BCUT2D eigenvalue weighted by Gasteiger charge is 2.24. The maximum atomic E-state index is 13.1. The predicted molar refractivity (Wildman–Crippen MR) is 154 cm³/mol. The molecule has 39 heavy (non-hydrogen) atoms. The van der Waals surface area contributed by atoms with Gasteiger partial charge in [0.2, 0.25) is 15.6 Å². The van der Waals surface area contributed by atoms with Crippen molar-refractivity contribution in [2.45, 2.75) is 36.0 Å². The molecule has 7 nitrogen and oxygen atoms in total. The van der Waals surface area contributed by atoms with Crippen molar-refractivity contribution in [3.8, 4) is 17.2 Å². The minimum absolute atomic E-state index is 0.0462. The number of carbonyl (C=O) groups excluding carboxylic acids is 1. The quantitative estimate of drug-likeness (QED) is 0.163.